The van der Waals surface area contributed by atoms with E-state index in [4.69, 9.17) is 10.00 Å². The van der Waals surface area contributed by atoms with Crippen molar-refractivity contribution in [2.75, 3.05) is 12.9 Å². The average molecular weight is 189 g/mol. The lowest BCUT2D eigenvalue weighted by atomic mass is 10.5. The third kappa shape index (κ3) is 1.21. The minimum atomic E-state index is -3.30. The van der Waals surface area contributed by atoms with E-state index in [0.29, 0.717) is 13.0 Å². The number of sulfone groups is 1. The lowest BCUT2D eigenvalue weighted by Crippen LogP contribution is -2.25. The first-order chi connectivity index (χ1) is 5.48. The van der Waals surface area contributed by atoms with Crippen LogP contribution in [-0.4, -0.2) is 32.1 Å². The van der Waals surface area contributed by atoms with Crippen molar-refractivity contribution in [1.29, 1.82) is 5.26 Å². The van der Waals surface area contributed by atoms with E-state index in [1.807, 2.05) is 6.07 Å². The maximum Gasteiger partial charge on any atom is 0.186 e. The predicted molar refractivity (Wildman–Crippen MR) is 43.2 cm³/mol. The fourth-order valence-corrected chi connectivity index (χ4v) is 2.37. The van der Waals surface area contributed by atoms with Gasteiger partial charge in [-0.3, -0.25) is 0 Å². The van der Waals surface area contributed by atoms with Crippen molar-refractivity contribution in [3.63, 3.8) is 0 Å². The van der Waals surface area contributed by atoms with Crippen molar-refractivity contribution < 1.29 is 13.2 Å². The molecule has 68 valence electrons. The van der Waals surface area contributed by atoms with Gasteiger partial charge in [0.2, 0.25) is 0 Å². The third-order valence-corrected chi connectivity index (χ3v) is 3.91. The van der Waals surface area contributed by atoms with E-state index in [2.05, 4.69) is 0 Å². The zero-order valence-electron chi connectivity index (χ0n) is 7.07. The van der Waals surface area contributed by atoms with Gasteiger partial charge in [-0.15, -0.1) is 0 Å². The maximum atomic E-state index is 11.1. The highest BCUT2D eigenvalue weighted by atomic mass is 32.2. The second-order valence-electron chi connectivity index (χ2n) is 2.92. The summed E-state index contributed by atoms with van der Waals surface area (Å²) in [5.41, 5.74) is 0. The van der Waals surface area contributed by atoms with Crippen molar-refractivity contribution in [3.8, 4) is 6.07 Å². The second-order valence-corrected chi connectivity index (χ2v) is 5.19. The molecule has 4 nitrogen and oxygen atoms in total. The Morgan fingerprint density at radius 1 is 1.75 bits per heavy atom. The van der Waals surface area contributed by atoms with Crippen LogP contribution >= 0.6 is 0 Å². The van der Waals surface area contributed by atoms with Crippen LogP contribution in [0.5, 0.6) is 0 Å². The number of ether oxygens (including phenoxy) is 1. The topological polar surface area (TPSA) is 67.2 Å². The summed E-state index contributed by atoms with van der Waals surface area (Å²) in [4.78, 5) is 0. The van der Waals surface area contributed by atoms with Crippen molar-refractivity contribution >= 4 is 9.84 Å². The molecule has 0 heterocycles. The monoisotopic (exact) mass is 189 g/mol. The van der Waals surface area contributed by atoms with Crippen LogP contribution in [-0.2, 0) is 14.6 Å². The summed E-state index contributed by atoms with van der Waals surface area (Å²) in [7, 11) is -3.30. The Morgan fingerprint density at radius 2 is 2.33 bits per heavy atom. The Hall–Kier alpha value is -0.600. The van der Waals surface area contributed by atoms with E-state index in [1.165, 1.54) is 0 Å². The van der Waals surface area contributed by atoms with Gasteiger partial charge in [0.15, 0.2) is 14.6 Å². The molecule has 0 aliphatic heterocycles. The molecule has 5 heteroatoms. The highest BCUT2D eigenvalue weighted by Crippen LogP contribution is 2.45. The molecule has 1 saturated carbocycles. The molecule has 1 rings (SSSR count). The van der Waals surface area contributed by atoms with Crippen LogP contribution in [0.25, 0.3) is 0 Å². The molecule has 0 bridgehead atoms. The second kappa shape index (κ2) is 2.71. The smallest absolute Gasteiger partial charge is 0.186 e. The predicted octanol–water partition coefficient (Wildman–Crippen LogP) is 0.102. The zero-order valence-corrected chi connectivity index (χ0v) is 7.89. The molecule has 0 radical (unpaired) electrons. The van der Waals surface area contributed by atoms with E-state index in [-0.39, 0.29) is 0 Å². The molecular weight excluding hydrogens is 178 g/mol. The Labute approximate surface area is 72.1 Å². The molecule has 2 atom stereocenters. The van der Waals surface area contributed by atoms with Gasteiger partial charge in [0, 0.05) is 19.3 Å². The first-order valence-corrected chi connectivity index (χ1v) is 5.59. The van der Waals surface area contributed by atoms with Crippen LogP contribution in [0.2, 0.25) is 0 Å². The number of nitrogens with zero attached hydrogens (tertiary/aromatic N) is 1. The summed E-state index contributed by atoms with van der Waals surface area (Å²) < 4.78 is 26.1. The first-order valence-electron chi connectivity index (χ1n) is 3.70. The van der Waals surface area contributed by atoms with Gasteiger partial charge in [-0.25, -0.2) is 8.42 Å². The number of hydrogen-bond acceptors (Lipinski definition) is 4. The Bertz CT molecular complexity index is 316. The highest BCUT2D eigenvalue weighted by Gasteiger charge is 2.64. The van der Waals surface area contributed by atoms with Gasteiger partial charge in [0.25, 0.3) is 0 Å². The van der Waals surface area contributed by atoms with Crippen LogP contribution in [0.4, 0.5) is 0 Å². The van der Waals surface area contributed by atoms with Crippen molar-refractivity contribution in [3.05, 3.63) is 0 Å². The minimum Gasteiger partial charge on any atom is -0.376 e. The van der Waals surface area contributed by atoms with Crippen LogP contribution in [0, 0.1) is 11.3 Å². The standard InChI is InChI=1S/C7H11NO3S/c1-3-11-6-4-7(6,5-8)12(2,9)10/h6H,3-4H2,1-2H3. The van der Waals surface area contributed by atoms with E-state index < -0.39 is 20.7 Å². The van der Waals surface area contributed by atoms with Gasteiger partial charge < -0.3 is 4.74 Å². The summed E-state index contributed by atoms with van der Waals surface area (Å²) >= 11 is 0. The van der Waals surface area contributed by atoms with Crippen LogP contribution in [0.1, 0.15) is 13.3 Å². The van der Waals surface area contributed by atoms with Gasteiger partial charge in [0.1, 0.15) is 0 Å². The van der Waals surface area contributed by atoms with Gasteiger partial charge in [-0.2, -0.15) is 5.26 Å². The Balaban J connectivity index is 2.82. The molecule has 0 spiro atoms. The molecule has 1 aliphatic rings. The number of rotatable bonds is 3. The minimum absolute atomic E-state index is 0.316. The number of hydrogen-bond donors (Lipinski definition) is 0. The molecule has 2 unspecified atom stereocenters. The van der Waals surface area contributed by atoms with Crippen LogP contribution in [0.15, 0.2) is 0 Å². The summed E-state index contributed by atoms with van der Waals surface area (Å²) in [5.74, 6) is 0. The SMILES string of the molecule is CCOC1CC1(C#N)S(C)(=O)=O. The van der Waals surface area contributed by atoms with Crippen molar-refractivity contribution in [2.24, 2.45) is 0 Å². The zero-order chi connectivity index (χ0) is 9.41. The van der Waals surface area contributed by atoms with Gasteiger partial charge >= 0.3 is 0 Å². The summed E-state index contributed by atoms with van der Waals surface area (Å²) in [5, 5.41) is 8.68. The van der Waals surface area contributed by atoms with E-state index in [0.717, 1.165) is 6.26 Å². The molecular formula is C7H11NO3S. The Morgan fingerprint density at radius 3 is 2.58 bits per heavy atom. The number of nitriles is 1. The molecule has 0 aromatic heterocycles. The van der Waals surface area contributed by atoms with E-state index in [9.17, 15) is 8.42 Å². The fraction of sp³-hybridized carbons (Fsp3) is 0.857. The highest BCUT2D eigenvalue weighted by molar-refractivity contribution is 7.92. The normalized spacial score (nSPS) is 34.2. The molecule has 0 N–H and O–H groups in total. The lowest BCUT2D eigenvalue weighted by molar-refractivity contribution is 0.129. The Kier molecular flexibility index (Phi) is 2.15. The fourth-order valence-electron chi connectivity index (χ4n) is 1.20. The van der Waals surface area contributed by atoms with Gasteiger partial charge in [-0.1, -0.05) is 0 Å². The summed E-state index contributed by atoms with van der Waals surface area (Å²) in [6, 6.07) is 1.81. The van der Waals surface area contributed by atoms with Gasteiger partial charge in [0.05, 0.1) is 12.2 Å². The third-order valence-electron chi connectivity index (χ3n) is 2.07. The summed E-state index contributed by atoms with van der Waals surface area (Å²) in [6.07, 6.45) is 0.980. The largest absolute Gasteiger partial charge is 0.376 e. The first kappa shape index (κ1) is 9.49. The van der Waals surface area contributed by atoms with Crippen LogP contribution in [0.3, 0.4) is 0 Å². The molecule has 0 amide bonds. The lowest BCUT2D eigenvalue weighted by Gasteiger charge is -2.04. The van der Waals surface area contributed by atoms with E-state index in [1.54, 1.807) is 6.92 Å². The molecule has 0 aromatic rings. The average Bonchev–Trinajstić information content (AvgIpc) is 2.63. The van der Waals surface area contributed by atoms with Gasteiger partial charge in [-0.05, 0) is 6.92 Å². The molecule has 0 saturated heterocycles. The van der Waals surface area contributed by atoms with Crippen molar-refractivity contribution in [2.45, 2.75) is 24.2 Å². The van der Waals surface area contributed by atoms with Crippen molar-refractivity contribution in [1.82, 2.24) is 0 Å². The van der Waals surface area contributed by atoms with Crippen LogP contribution < -0.4 is 0 Å². The maximum absolute atomic E-state index is 11.1. The molecule has 1 aliphatic carbocycles. The summed E-state index contributed by atoms with van der Waals surface area (Å²) in [6.45, 7) is 2.23. The molecule has 12 heavy (non-hydrogen) atoms. The van der Waals surface area contributed by atoms with E-state index >= 15 is 0 Å². The molecule has 0 aromatic carbocycles. The molecule has 1 fully saturated rings. The quantitative estimate of drug-likeness (QED) is 0.631.